The monoisotopic (exact) mass is 361 g/mol. The molecule has 1 saturated carbocycles. The summed E-state index contributed by atoms with van der Waals surface area (Å²) < 4.78 is 0. The Morgan fingerprint density at radius 2 is 1.85 bits per heavy atom. The number of rotatable bonds is 5. The maximum Gasteiger partial charge on any atom is 0.266 e. The lowest BCUT2D eigenvalue weighted by molar-refractivity contribution is -0.115. The van der Waals surface area contributed by atoms with E-state index in [1.165, 1.54) is 17.5 Å². The smallest absolute Gasteiger partial charge is 0.266 e. The molecule has 3 N–H and O–H groups in total. The van der Waals surface area contributed by atoms with Crippen molar-refractivity contribution in [3.63, 3.8) is 0 Å². The summed E-state index contributed by atoms with van der Waals surface area (Å²) in [4.78, 5) is 17.2. The lowest BCUT2D eigenvalue weighted by atomic mass is 10.0. The van der Waals surface area contributed by atoms with Crippen LogP contribution in [0.15, 0.2) is 47.5 Å². The van der Waals surface area contributed by atoms with Gasteiger partial charge in [0.25, 0.3) is 5.91 Å². The summed E-state index contributed by atoms with van der Waals surface area (Å²) in [5, 5.41) is 3.09. The van der Waals surface area contributed by atoms with E-state index in [9.17, 15) is 4.79 Å². The fraction of sp³-hybridized carbons (Fsp3) is 0.391. The molecule has 1 fully saturated rings. The topological polar surface area (TPSA) is 67.5 Å². The molecule has 2 aromatic carbocycles. The minimum absolute atomic E-state index is 0.0284. The summed E-state index contributed by atoms with van der Waals surface area (Å²) in [6, 6.07) is 14.8. The molecule has 27 heavy (non-hydrogen) atoms. The minimum Gasteiger partial charge on any atom is -0.351 e. The molecule has 0 saturated heterocycles. The van der Waals surface area contributed by atoms with Gasteiger partial charge in [0.15, 0.2) is 0 Å². The van der Waals surface area contributed by atoms with Crippen LogP contribution in [-0.2, 0) is 11.2 Å². The number of carbonyl (C=O) groups is 1. The number of hydrogen-bond acceptors (Lipinski definition) is 3. The first-order valence-electron chi connectivity index (χ1n) is 9.88. The third-order valence-electron chi connectivity index (χ3n) is 5.88. The van der Waals surface area contributed by atoms with Gasteiger partial charge in [-0.2, -0.15) is 0 Å². The molecule has 1 aliphatic carbocycles. The average molecular weight is 361 g/mol. The Morgan fingerprint density at radius 3 is 2.59 bits per heavy atom. The molecule has 0 radical (unpaired) electrons. The Kier molecular flexibility index (Phi) is 5.08. The number of aliphatic imine (C=N–C) groups is 1. The highest BCUT2D eigenvalue weighted by Crippen LogP contribution is 2.32. The average Bonchev–Trinajstić information content (AvgIpc) is 3.32. The molecule has 140 valence electrons. The van der Waals surface area contributed by atoms with Crippen LogP contribution in [0.2, 0.25) is 0 Å². The summed E-state index contributed by atoms with van der Waals surface area (Å²) in [6.45, 7) is 3.58. The second-order valence-electron chi connectivity index (χ2n) is 7.94. The number of amides is 1. The molecule has 4 heteroatoms. The number of nitrogens with zero attached hydrogens (tertiary/aromatic N) is 1. The molecule has 1 aliphatic heterocycles. The number of carbonyl (C=O) groups excluding carboxylic acids is 1. The predicted octanol–water partition coefficient (Wildman–Crippen LogP) is 3.78. The SMILES string of the molecule is Cc1ccc(-c2ccc3c(c2)N=C(C(=O)NC[C@H]2CC[C@H](CN)C2)C3)cc1. The van der Waals surface area contributed by atoms with Crippen LogP contribution in [-0.4, -0.2) is 24.7 Å². The largest absolute Gasteiger partial charge is 0.351 e. The first-order chi connectivity index (χ1) is 13.1. The Hall–Kier alpha value is -2.46. The van der Waals surface area contributed by atoms with Crippen molar-refractivity contribution in [3.05, 3.63) is 53.6 Å². The highest BCUT2D eigenvalue weighted by atomic mass is 16.1. The van der Waals surface area contributed by atoms with Crippen LogP contribution in [0.5, 0.6) is 0 Å². The van der Waals surface area contributed by atoms with Crippen molar-refractivity contribution in [2.75, 3.05) is 13.1 Å². The molecule has 1 amide bonds. The summed E-state index contributed by atoms with van der Waals surface area (Å²) >= 11 is 0. The second kappa shape index (κ2) is 7.65. The van der Waals surface area contributed by atoms with Crippen LogP contribution in [0.25, 0.3) is 11.1 Å². The van der Waals surface area contributed by atoms with E-state index < -0.39 is 0 Å². The van der Waals surface area contributed by atoms with Gasteiger partial charge in [-0.1, -0.05) is 42.0 Å². The van der Waals surface area contributed by atoms with E-state index in [-0.39, 0.29) is 5.91 Å². The maximum absolute atomic E-state index is 12.5. The van der Waals surface area contributed by atoms with Crippen LogP contribution in [0, 0.1) is 18.8 Å². The minimum atomic E-state index is -0.0284. The van der Waals surface area contributed by atoms with Gasteiger partial charge in [0.1, 0.15) is 5.71 Å². The van der Waals surface area contributed by atoms with Crippen molar-refractivity contribution in [2.45, 2.75) is 32.6 Å². The normalized spacial score (nSPS) is 21.0. The Bertz CT molecular complexity index is 870. The van der Waals surface area contributed by atoms with Gasteiger partial charge in [-0.15, -0.1) is 0 Å². The molecular formula is C23H27N3O. The first kappa shape index (κ1) is 17.9. The zero-order valence-electron chi connectivity index (χ0n) is 15.9. The highest BCUT2D eigenvalue weighted by Gasteiger charge is 2.25. The van der Waals surface area contributed by atoms with E-state index in [4.69, 9.17) is 5.73 Å². The fourth-order valence-corrected chi connectivity index (χ4v) is 4.16. The molecule has 4 nitrogen and oxygen atoms in total. The fourth-order valence-electron chi connectivity index (χ4n) is 4.16. The molecule has 2 atom stereocenters. The van der Waals surface area contributed by atoms with Crippen molar-refractivity contribution in [3.8, 4) is 11.1 Å². The van der Waals surface area contributed by atoms with Crippen molar-refractivity contribution in [2.24, 2.45) is 22.6 Å². The van der Waals surface area contributed by atoms with Gasteiger partial charge >= 0.3 is 0 Å². The van der Waals surface area contributed by atoms with E-state index in [0.717, 1.165) is 42.7 Å². The second-order valence-corrected chi connectivity index (χ2v) is 7.94. The predicted molar refractivity (Wildman–Crippen MR) is 110 cm³/mol. The standard InChI is InChI=1S/C23H27N3O/c1-15-2-6-18(7-3-15)19-8-9-20-12-22(26-21(20)11-19)23(27)25-14-17-5-4-16(10-17)13-24/h2-3,6-9,11,16-17H,4-5,10,12-14,24H2,1H3,(H,25,27)/t16-,17-/m0/s1. The Morgan fingerprint density at radius 1 is 1.11 bits per heavy atom. The van der Waals surface area contributed by atoms with Crippen molar-refractivity contribution < 1.29 is 4.79 Å². The van der Waals surface area contributed by atoms with Crippen LogP contribution < -0.4 is 11.1 Å². The van der Waals surface area contributed by atoms with E-state index in [1.807, 2.05) is 0 Å². The van der Waals surface area contributed by atoms with Gasteiger partial charge in [-0.25, -0.2) is 4.99 Å². The molecule has 2 aliphatic rings. The van der Waals surface area contributed by atoms with Gasteiger partial charge < -0.3 is 11.1 Å². The first-order valence-corrected chi connectivity index (χ1v) is 9.88. The quantitative estimate of drug-likeness (QED) is 0.851. The number of nitrogens with two attached hydrogens (primary N) is 1. The maximum atomic E-state index is 12.5. The summed E-state index contributed by atoms with van der Waals surface area (Å²) in [5.74, 6) is 1.15. The van der Waals surface area contributed by atoms with Crippen molar-refractivity contribution >= 4 is 17.3 Å². The molecule has 0 aromatic heterocycles. The zero-order valence-corrected chi connectivity index (χ0v) is 15.9. The third-order valence-corrected chi connectivity index (χ3v) is 5.88. The molecular weight excluding hydrogens is 334 g/mol. The van der Waals surface area contributed by atoms with Crippen LogP contribution in [0.3, 0.4) is 0 Å². The number of fused-ring (bicyclic) bond motifs is 1. The van der Waals surface area contributed by atoms with E-state index in [2.05, 4.69) is 59.7 Å². The van der Waals surface area contributed by atoms with E-state index in [1.54, 1.807) is 0 Å². The van der Waals surface area contributed by atoms with Gasteiger partial charge in [-0.3, -0.25) is 4.79 Å². The molecule has 1 heterocycles. The van der Waals surface area contributed by atoms with Gasteiger partial charge in [-0.05, 0) is 67.3 Å². The number of hydrogen-bond donors (Lipinski definition) is 2. The highest BCUT2D eigenvalue weighted by molar-refractivity contribution is 6.40. The lowest BCUT2D eigenvalue weighted by Gasteiger charge is -2.11. The number of aryl methyl sites for hydroxylation is 1. The summed E-state index contributed by atoms with van der Waals surface area (Å²) in [6.07, 6.45) is 4.09. The zero-order chi connectivity index (χ0) is 18.8. The van der Waals surface area contributed by atoms with Gasteiger partial charge in [0, 0.05) is 13.0 Å². The molecule has 0 bridgehead atoms. The Balaban J connectivity index is 1.41. The van der Waals surface area contributed by atoms with Crippen LogP contribution in [0.4, 0.5) is 5.69 Å². The van der Waals surface area contributed by atoms with Gasteiger partial charge in [0.05, 0.1) is 5.69 Å². The van der Waals surface area contributed by atoms with Crippen molar-refractivity contribution in [1.29, 1.82) is 0 Å². The summed E-state index contributed by atoms with van der Waals surface area (Å²) in [7, 11) is 0. The third kappa shape index (κ3) is 3.96. The van der Waals surface area contributed by atoms with Crippen molar-refractivity contribution in [1.82, 2.24) is 5.32 Å². The Labute approximate surface area is 160 Å². The molecule has 4 rings (SSSR count). The lowest BCUT2D eigenvalue weighted by Crippen LogP contribution is -2.34. The van der Waals surface area contributed by atoms with Crippen LogP contribution >= 0.6 is 0 Å². The number of nitrogens with one attached hydrogen (secondary N) is 1. The number of benzene rings is 2. The molecule has 2 aromatic rings. The molecule has 0 spiro atoms. The van der Waals surface area contributed by atoms with E-state index >= 15 is 0 Å². The van der Waals surface area contributed by atoms with Gasteiger partial charge in [0.2, 0.25) is 0 Å². The summed E-state index contributed by atoms with van der Waals surface area (Å²) in [5.41, 5.74) is 12.0. The molecule has 0 unspecified atom stereocenters. The van der Waals surface area contributed by atoms with E-state index in [0.29, 0.717) is 24.0 Å². The van der Waals surface area contributed by atoms with Crippen LogP contribution in [0.1, 0.15) is 30.4 Å².